The van der Waals surface area contributed by atoms with Crippen LogP contribution in [-0.4, -0.2) is 46.8 Å². The maximum absolute atomic E-state index is 9.48. The summed E-state index contributed by atoms with van der Waals surface area (Å²) in [6, 6.07) is 8.02. The lowest BCUT2D eigenvalue weighted by Gasteiger charge is -2.23. The van der Waals surface area contributed by atoms with Crippen molar-refractivity contribution in [2.75, 3.05) is 25.1 Å². The molecule has 1 aromatic heterocycles. The van der Waals surface area contributed by atoms with Crippen LogP contribution < -0.4 is 5.32 Å². The normalized spacial score (nSPS) is 19.8. The Morgan fingerprint density at radius 2 is 2.30 bits per heavy atom. The maximum Gasteiger partial charge on any atom is 0.204 e. The molecule has 0 bridgehead atoms. The molecule has 0 saturated carbocycles. The van der Waals surface area contributed by atoms with E-state index in [0.717, 1.165) is 36.4 Å². The minimum Gasteiger partial charge on any atom is -0.392 e. The number of hydrogen-bond acceptors (Lipinski definition) is 5. The summed E-state index contributed by atoms with van der Waals surface area (Å²) in [5.74, 6) is 0.764. The molecule has 1 aliphatic heterocycles. The number of aliphatic hydroxyl groups excluding tert-OH is 1. The van der Waals surface area contributed by atoms with E-state index in [9.17, 15) is 5.11 Å². The predicted molar refractivity (Wildman–Crippen MR) is 89.4 cm³/mol. The topological polar surface area (TPSA) is 68.5 Å². The first-order chi connectivity index (χ1) is 11.2. The monoisotopic (exact) mass is 319 g/mol. The van der Waals surface area contributed by atoms with Crippen LogP contribution in [-0.2, 0) is 16.0 Å². The van der Waals surface area contributed by atoms with Gasteiger partial charge in [0.05, 0.1) is 23.7 Å². The predicted octanol–water partition coefficient (Wildman–Crippen LogP) is 2.37. The average Bonchev–Trinajstić information content (AvgIpc) is 2.92. The molecule has 1 fully saturated rings. The van der Waals surface area contributed by atoms with Gasteiger partial charge in [0.2, 0.25) is 5.95 Å². The van der Waals surface area contributed by atoms with E-state index in [1.54, 1.807) is 6.92 Å². The third kappa shape index (κ3) is 4.22. The standard InChI is InChI=1S/C17H25N3O3/c1-13(21)12-18-17-19-14-6-2-3-7-15(14)20(17)9-11-23-16-8-4-5-10-22-16/h2-3,6-7,13,16,21H,4-5,8-12H2,1H3,(H,18,19)/t13-,16-/m1/s1. The molecule has 2 heterocycles. The van der Waals surface area contributed by atoms with Crippen LogP contribution in [0.4, 0.5) is 5.95 Å². The lowest BCUT2D eigenvalue weighted by atomic mass is 10.2. The molecule has 0 aliphatic carbocycles. The lowest BCUT2D eigenvalue weighted by Crippen LogP contribution is -2.24. The van der Waals surface area contributed by atoms with Crippen molar-refractivity contribution in [2.24, 2.45) is 0 Å². The van der Waals surface area contributed by atoms with Gasteiger partial charge in [-0.1, -0.05) is 12.1 Å². The second-order valence-corrected chi connectivity index (χ2v) is 5.97. The highest BCUT2D eigenvalue weighted by molar-refractivity contribution is 5.78. The molecule has 126 valence electrons. The first-order valence-corrected chi connectivity index (χ1v) is 8.34. The molecule has 1 aliphatic rings. The highest BCUT2D eigenvalue weighted by Crippen LogP contribution is 2.20. The number of nitrogens with zero attached hydrogens (tertiary/aromatic N) is 2. The van der Waals surface area contributed by atoms with Crippen molar-refractivity contribution in [3.8, 4) is 0 Å². The van der Waals surface area contributed by atoms with Crippen molar-refractivity contribution >= 4 is 17.0 Å². The van der Waals surface area contributed by atoms with Crippen molar-refractivity contribution in [1.82, 2.24) is 9.55 Å². The second-order valence-electron chi connectivity index (χ2n) is 5.97. The molecule has 2 atom stereocenters. The summed E-state index contributed by atoms with van der Waals surface area (Å²) in [5.41, 5.74) is 2.00. The van der Waals surface area contributed by atoms with E-state index < -0.39 is 6.10 Å². The van der Waals surface area contributed by atoms with Gasteiger partial charge in [0.1, 0.15) is 0 Å². The number of aliphatic hydroxyl groups is 1. The number of nitrogens with one attached hydrogen (secondary N) is 1. The molecule has 6 heteroatoms. The van der Waals surface area contributed by atoms with E-state index in [1.165, 1.54) is 6.42 Å². The number of fused-ring (bicyclic) bond motifs is 1. The minimum absolute atomic E-state index is 0.0765. The molecule has 0 amide bonds. The zero-order valence-electron chi connectivity index (χ0n) is 13.6. The smallest absolute Gasteiger partial charge is 0.204 e. The fourth-order valence-electron chi connectivity index (χ4n) is 2.79. The minimum atomic E-state index is -0.421. The van der Waals surface area contributed by atoms with Crippen LogP contribution in [0, 0.1) is 0 Å². The van der Waals surface area contributed by atoms with Crippen LogP contribution in [0.2, 0.25) is 0 Å². The number of benzene rings is 1. The lowest BCUT2D eigenvalue weighted by molar-refractivity contribution is -0.163. The van der Waals surface area contributed by atoms with E-state index >= 15 is 0 Å². The highest BCUT2D eigenvalue weighted by Gasteiger charge is 2.15. The first-order valence-electron chi connectivity index (χ1n) is 8.34. The third-order valence-corrected chi connectivity index (χ3v) is 3.97. The third-order valence-electron chi connectivity index (χ3n) is 3.97. The molecule has 1 saturated heterocycles. The summed E-state index contributed by atoms with van der Waals surface area (Å²) in [6.45, 7) is 4.29. The number of para-hydroxylation sites is 2. The van der Waals surface area contributed by atoms with Gasteiger partial charge in [-0.3, -0.25) is 0 Å². The van der Waals surface area contributed by atoms with Gasteiger partial charge in [0.15, 0.2) is 6.29 Å². The number of imidazole rings is 1. The molecule has 0 unspecified atom stereocenters. The van der Waals surface area contributed by atoms with Crippen LogP contribution >= 0.6 is 0 Å². The fraction of sp³-hybridized carbons (Fsp3) is 0.588. The van der Waals surface area contributed by atoms with Gasteiger partial charge in [-0.05, 0) is 38.3 Å². The van der Waals surface area contributed by atoms with E-state index in [-0.39, 0.29) is 6.29 Å². The van der Waals surface area contributed by atoms with E-state index in [1.807, 2.05) is 24.3 Å². The Hall–Kier alpha value is -1.63. The quantitative estimate of drug-likeness (QED) is 0.820. The molecule has 23 heavy (non-hydrogen) atoms. The van der Waals surface area contributed by atoms with Gasteiger partial charge in [-0.25, -0.2) is 4.98 Å². The van der Waals surface area contributed by atoms with Crippen LogP contribution in [0.15, 0.2) is 24.3 Å². The van der Waals surface area contributed by atoms with Crippen molar-refractivity contribution in [1.29, 1.82) is 0 Å². The zero-order chi connectivity index (χ0) is 16.1. The highest BCUT2D eigenvalue weighted by atomic mass is 16.7. The molecular formula is C17H25N3O3. The average molecular weight is 319 g/mol. The molecular weight excluding hydrogens is 294 g/mol. The van der Waals surface area contributed by atoms with Gasteiger partial charge in [-0.15, -0.1) is 0 Å². The van der Waals surface area contributed by atoms with Gasteiger partial charge in [0, 0.05) is 19.7 Å². The number of hydrogen-bond donors (Lipinski definition) is 2. The van der Waals surface area contributed by atoms with Crippen molar-refractivity contribution in [2.45, 2.75) is 45.1 Å². The van der Waals surface area contributed by atoms with Crippen LogP contribution in [0.5, 0.6) is 0 Å². The molecule has 0 spiro atoms. The van der Waals surface area contributed by atoms with Crippen LogP contribution in [0.1, 0.15) is 26.2 Å². The molecule has 1 aromatic carbocycles. The van der Waals surface area contributed by atoms with Gasteiger partial charge in [-0.2, -0.15) is 0 Å². The largest absolute Gasteiger partial charge is 0.392 e. The van der Waals surface area contributed by atoms with Crippen LogP contribution in [0.3, 0.4) is 0 Å². The molecule has 2 N–H and O–H groups in total. The number of rotatable bonds is 7. The van der Waals surface area contributed by atoms with E-state index in [2.05, 4.69) is 14.9 Å². The Labute approximate surface area is 136 Å². The summed E-state index contributed by atoms with van der Waals surface area (Å²) in [4.78, 5) is 4.60. The second kappa shape index (κ2) is 7.77. The maximum atomic E-state index is 9.48. The summed E-state index contributed by atoms with van der Waals surface area (Å²) in [6.07, 6.45) is 2.76. The van der Waals surface area contributed by atoms with Crippen LogP contribution in [0.25, 0.3) is 11.0 Å². The van der Waals surface area contributed by atoms with Crippen molar-refractivity contribution in [3.05, 3.63) is 24.3 Å². The number of ether oxygens (including phenoxy) is 2. The Bertz CT molecular complexity index is 621. The van der Waals surface area contributed by atoms with Gasteiger partial charge >= 0.3 is 0 Å². The van der Waals surface area contributed by atoms with E-state index in [0.29, 0.717) is 19.7 Å². The molecule has 2 aromatic rings. The number of anilines is 1. The first kappa shape index (κ1) is 16.2. The summed E-state index contributed by atoms with van der Waals surface area (Å²) < 4.78 is 13.5. The van der Waals surface area contributed by atoms with Gasteiger partial charge < -0.3 is 24.5 Å². The van der Waals surface area contributed by atoms with E-state index in [4.69, 9.17) is 9.47 Å². The molecule has 3 rings (SSSR count). The summed E-state index contributed by atoms with van der Waals surface area (Å²) >= 11 is 0. The number of aromatic nitrogens is 2. The van der Waals surface area contributed by atoms with Crippen molar-refractivity contribution in [3.63, 3.8) is 0 Å². The Morgan fingerprint density at radius 1 is 1.43 bits per heavy atom. The molecule has 6 nitrogen and oxygen atoms in total. The molecule has 0 radical (unpaired) electrons. The Kier molecular flexibility index (Phi) is 5.48. The van der Waals surface area contributed by atoms with Crippen molar-refractivity contribution < 1.29 is 14.6 Å². The fourth-order valence-corrected chi connectivity index (χ4v) is 2.79. The van der Waals surface area contributed by atoms with Gasteiger partial charge in [0.25, 0.3) is 0 Å². The summed E-state index contributed by atoms with van der Waals surface area (Å²) in [7, 11) is 0. The Balaban J connectivity index is 1.67. The SMILES string of the molecule is C[C@@H](O)CNc1nc2ccccc2n1CCO[C@@H]1CCCCO1. The zero-order valence-corrected chi connectivity index (χ0v) is 13.6. The summed E-state index contributed by atoms with van der Waals surface area (Å²) in [5, 5.41) is 12.7. The Morgan fingerprint density at radius 3 is 3.09 bits per heavy atom.